The van der Waals surface area contributed by atoms with Crippen LogP contribution in [0.3, 0.4) is 0 Å². The number of hydrogen-bond acceptors (Lipinski definition) is 8. The number of nitrogen functional groups attached to an aromatic ring is 1. The fraction of sp³-hybridized carbons (Fsp3) is 0.348. The Morgan fingerprint density at radius 2 is 1.92 bits per heavy atom. The summed E-state index contributed by atoms with van der Waals surface area (Å²) in [7, 11) is -1.17. The van der Waals surface area contributed by atoms with Gasteiger partial charge in [-0.15, -0.1) is 5.10 Å². The van der Waals surface area contributed by atoms with Gasteiger partial charge in [0.15, 0.2) is 23.5 Å². The maximum Gasteiger partial charge on any atom is 0.191 e. The molecule has 0 aliphatic carbocycles. The molecular formula is C23H26ClF2N7O2Si. The number of pyridine rings is 1. The molecule has 0 bridgehead atoms. The van der Waals surface area contributed by atoms with E-state index in [9.17, 15) is 8.78 Å². The number of hydrogen-bond donors (Lipinski definition) is 1. The summed E-state index contributed by atoms with van der Waals surface area (Å²) in [5.74, 6) is -1.04. The number of benzene rings is 1. The molecule has 1 unspecified atom stereocenters. The van der Waals surface area contributed by atoms with Crippen LogP contribution in [0, 0.1) is 11.6 Å². The van der Waals surface area contributed by atoms with Crippen molar-refractivity contribution in [1.29, 1.82) is 0 Å². The smallest absolute Gasteiger partial charge is 0.191 e. The second kappa shape index (κ2) is 10.4. The molecule has 4 rings (SSSR count). The first kappa shape index (κ1) is 25.9. The molecule has 2 N–H and O–H groups in total. The number of rotatable bonds is 9. The standard InChI is InChI=1S/C23H26ClF2N7O2Si/c1-13(23-31-11-33(32-23)12-34-7-8-36(2,3)4)35-16-9-28-20(21-17(16)22(27)30-10-29-21)14-5-6-15(25)18(24)19(14)26/h5-6,9-11,13H,7-8,12H2,1-4H3,(H2,27,29,30). The monoisotopic (exact) mass is 533 g/mol. The lowest BCUT2D eigenvalue weighted by atomic mass is 10.1. The zero-order valence-corrected chi connectivity index (χ0v) is 22.1. The summed E-state index contributed by atoms with van der Waals surface area (Å²) >= 11 is 5.76. The molecule has 4 aromatic rings. The molecule has 0 saturated carbocycles. The van der Waals surface area contributed by atoms with Gasteiger partial charge in [-0.1, -0.05) is 31.2 Å². The van der Waals surface area contributed by atoms with E-state index in [-0.39, 0.29) is 35.1 Å². The molecule has 0 aliphatic rings. The largest absolute Gasteiger partial charge is 0.480 e. The van der Waals surface area contributed by atoms with Crippen LogP contribution in [-0.4, -0.2) is 44.4 Å². The van der Waals surface area contributed by atoms with E-state index in [0.717, 1.165) is 12.1 Å². The van der Waals surface area contributed by atoms with E-state index < -0.39 is 30.8 Å². The summed E-state index contributed by atoms with van der Waals surface area (Å²) < 4.78 is 41.8. The van der Waals surface area contributed by atoms with Gasteiger partial charge in [0, 0.05) is 20.2 Å². The Morgan fingerprint density at radius 1 is 1.14 bits per heavy atom. The Morgan fingerprint density at radius 3 is 2.67 bits per heavy atom. The third-order valence-corrected chi connectivity index (χ3v) is 7.44. The first-order valence-corrected chi connectivity index (χ1v) is 15.3. The van der Waals surface area contributed by atoms with Gasteiger partial charge >= 0.3 is 0 Å². The number of anilines is 1. The zero-order chi connectivity index (χ0) is 26.0. The molecule has 0 saturated heterocycles. The van der Waals surface area contributed by atoms with Crippen molar-refractivity contribution in [3.05, 3.63) is 53.5 Å². The minimum absolute atomic E-state index is 0.0290. The van der Waals surface area contributed by atoms with E-state index in [0.29, 0.717) is 17.8 Å². The fourth-order valence-corrected chi connectivity index (χ4v) is 4.32. The number of fused-ring (bicyclic) bond motifs is 1. The second-order valence-corrected chi connectivity index (χ2v) is 15.4. The maximum atomic E-state index is 14.7. The van der Waals surface area contributed by atoms with Crippen molar-refractivity contribution in [2.24, 2.45) is 0 Å². The van der Waals surface area contributed by atoms with Crippen molar-refractivity contribution >= 4 is 36.4 Å². The molecule has 0 amide bonds. The molecule has 1 aromatic carbocycles. The molecule has 13 heteroatoms. The fourth-order valence-electron chi connectivity index (χ4n) is 3.40. The lowest BCUT2D eigenvalue weighted by molar-refractivity contribution is 0.0774. The average molecular weight is 534 g/mol. The van der Waals surface area contributed by atoms with Crippen LogP contribution >= 0.6 is 11.6 Å². The van der Waals surface area contributed by atoms with E-state index in [4.69, 9.17) is 26.8 Å². The number of aromatic nitrogens is 6. The normalized spacial score (nSPS) is 12.8. The first-order chi connectivity index (χ1) is 17.0. The molecule has 1 atom stereocenters. The summed E-state index contributed by atoms with van der Waals surface area (Å²) in [6, 6.07) is 3.35. The predicted molar refractivity (Wildman–Crippen MR) is 135 cm³/mol. The third kappa shape index (κ3) is 5.60. The highest BCUT2D eigenvalue weighted by Gasteiger charge is 2.22. The summed E-state index contributed by atoms with van der Waals surface area (Å²) in [5.41, 5.74) is 6.44. The topological polar surface area (TPSA) is 114 Å². The van der Waals surface area contributed by atoms with Gasteiger partial charge in [0.25, 0.3) is 0 Å². The Bertz CT molecular complexity index is 1400. The molecule has 0 aliphatic heterocycles. The molecule has 0 fully saturated rings. The van der Waals surface area contributed by atoms with Crippen molar-refractivity contribution in [2.75, 3.05) is 12.3 Å². The number of nitrogens with two attached hydrogens (primary N) is 1. The summed E-state index contributed by atoms with van der Waals surface area (Å²) in [6.07, 6.45) is 3.59. The molecule has 0 radical (unpaired) electrons. The van der Waals surface area contributed by atoms with Crippen LogP contribution in [0.5, 0.6) is 5.75 Å². The van der Waals surface area contributed by atoms with E-state index in [2.05, 4.69) is 44.7 Å². The van der Waals surface area contributed by atoms with E-state index in [1.807, 2.05) is 0 Å². The minimum atomic E-state index is -1.17. The average Bonchev–Trinajstić information content (AvgIpc) is 3.30. The Balaban J connectivity index is 1.58. The Hall–Kier alpha value is -3.22. The van der Waals surface area contributed by atoms with Crippen molar-refractivity contribution in [3.63, 3.8) is 0 Å². The molecular weight excluding hydrogens is 508 g/mol. The minimum Gasteiger partial charge on any atom is -0.480 e. The van der Waals surface area contributed by atoms with Crippen LogP contribution in [0.25, 0.3) is 22.2 Å². The van der Waals surface area contributed by atoms with Crippen molar-refractivity contribution in [1.82, 2.24) is 29.7 Å². The van der Waals surface area contributed by atoms with Crippen LogP contribution in [0.1, 0.15) is 18.9 Å². The highest BCUT2D eigenvalue weighted by atomic mass is 35.5. The lowest BCUT2D eigenvalue weighted by Gasteiger charge is -2.16. The molecule has 0 spiro atoms. The zero-order valence-electron chi connectivity index (χ0n) is 20.3. The molecule has 190 valence electrons. The van der Waals surface area contributed by atoms with Crippen molar-refractivity contribution in [2.45, 2.75) is 45.4 Å². The summed E-state index contributed by atoms with van der Waals surface area (Å²) in [5, 5.41) is 4.11. The lowest BCUT2D eigenvalue weighted by Crippen LogP contribution is -2.22. The van der Waals surface area contributed by atoms with E-state index in [1.165, 1.54) is 18.6 Å². The molecule has 9 nitrogen and oxygen atoms in total. The summed E-state index contributed by atoms with van der Waals surface area (Å²) in [4.78, 5) is 16.9. The third-order valence-electron chi connectivity index (χ3n) is 5.39. The van der Waals surface area contributed by atoms with Gasteiger partial charge in [0.05, 0.1) is 17.3 Å². The number of ether oxygens (including phenoxy) is 2. The van der Waals surface area contributed by atoms with Crippen LogP contribution in [-0.2, 0) is 11.5 Å². The SMILES string of the molecule is CC(Oc1cnc(-c2ccc(F)c(Cl)c2F)c2ncnc(N)c12)c1ncn(COCC[Si](C)(C)C)n1. The van der Waals surface area contributed by atoms with Gasteiger partial charge in [-0.05, 0) is 25.1 Å². The molecule has 3 heterocycles. The van der Waals surface area contributed by atoms with Gasteiger partial charge in [0.2, 0.25) is 0 Å². The highest BCUT2D eigenvalue weighted by molar-refractivity contribution is 6.76. The second-order valence-electron chi connectivity index (χ2n) is 9.43. The van der Waals surface area contributed by atoms with Gasteiger partial charge < -0.3 is 15.2 Å². The van der Waals surface area contributed by atoms with Gasteiger partial charge in [-0.2, -0.15) is 0 Å². The van der Waals surface area contributed by atoms with Crippen LogP contribution in [0.4, 0.5) is 14.6 Å². The van der Waals surface area contributed by atoms with E-state index in [1.54, 1.807) is 17.9 Å². The molecule has 3 aromatic heterocycles. The quantitative estimate of drug-likeness (QED) is 0.176. The van der Waals surface area contributed by atoms with E-state index >= 15 is 0 Å². The summed E-state index contributed by atoms with van der Waals surface area (Å²) in [6.45, 7) is 9.59. The van der Waals surface area contributed by atoms with Gasteiger partial charge in [-0.25, -0.2) is 33.4 Å². The Labute approximate surface area is 212 Å². The van der Waals surface area contributed by atoms with Crippen molar-refractivity contribution < 1.29 is 18.3 Å². The van der Waals surface area contributed by atoms with Gasteiger partial charge in [0.1, 0.15) is 41.6 Å². The van der Waals surface area contributed by atoms with Crippen LogP contribution in [0.2, 0.25) is 30.7 Å². The first-order valence-electron chi connectivity index (χ1n) is 11.2. The van der Waals surface area contributed by atoms with Crippen LogP contribution < -0.4 is 10.5 Å². The Kier molecular flexibility index (Phi) is 7.48. The van der Waals surface area contributed by atoms with Gasteiger partial charge in [-0.3, -0.25) is 0 Å². The van der Waals surface area contributed by atoms with Crippen LogP contribution in [0.15, 0.2) is 31.0 Å². The predicted octanol–water partition coefficient (Wildman–Crippen LogP) is 5.25. The number of nitrogens with zero attached hydrogens (tertiary/aromatic N) is 6. The molecule has 36 heavy (non-hydrogen) atoms. The highest BCUT2D eigenvalue weighted by Crippen LogP contribution is 2.37. The number of halogens is 3. The maximum absolute atomic E-state index is 14.7. The van der Waals surface area contributed by atoms with Crippen molar-refractivity contribution in [3.8, 4) is 17.0 Å².